The van der Waals surface area contributed by atoms with Crippen LogP contribution in [-0.4, -0.2) is 23.5 Å². The van der Waals surface area contributed by atoms with Gasteiger partial charge in [-0.1, -0.05) is 18.2 Å². The van der Waals surface area contributed by atoms with Crippen molar-refractivity contribution in [2.24, 2.45) is 5.10 Å². The lowest BCUT2D eigenvalue weighted by Gasteiger charge is -2.10. The fraction of sp³-hybridized carbons (Fsp3) is 0.167. The van der Waals surface area contributed by atoms with Crippen LogP contribution in [0.15, 0.2) is 58.0 Å². The Bertz CT molecular complexity index is 1350. The minimum atomic E-state index is -0.380. The lowest BCUT2D eigenvalue weighted by atomic mass is 10.1. The van der Waals surface area contributed by atoms with Crippen molar-refractivity contribution in [2.75, 3.05) is 6.79 Å². The molecule has 0 saturated heterocycles. The van der Waals surface area contributed by atoms with Gasteiger partial charge in [-0.05, 0) is 45.0 Å². The van der Waals surface area contributed by atoms with Crippen LogP contribution in [-0.2, 0) is 0 Å². The van der Waals surface area contributed by atoms with E-state index in [1.54, 1.807) is 6.21 Å². The Balaban J connectivity index is 1.37. The van der Waals surface area contributed by atoms with Crippen LogP contribution >= 0.6 is 0 Å². The van der Waals surface area contributed by atoms with E-state index in [-0.39, 0.29) is 18.5 Å². The number of benzene rings is 2. The predicted molar refractivity (Wildman–Crippen MR) is 117 cm³/mol. The van der Waals surface area contributed by atoms with E-state index in [0.29, 0.717) is 5.58 Å². The van der Waals surface area contributed by atoms with E-state index >= 15 is 0 Å². The van der Waals surface area contributed by atoms with Crippen LogP contribution in [0.1, 0.15) is 33.1 Å². The zero-order valence-corrected chi connectivity index (χ0v) is 17.4. The molecule has 5 rings (SSSR count). The van der Waals surface area contributed by atoms with E-state index in [2.05, 4.69) is 15.1 Å². The minimum absolute atomic E-state index is 0.241. The average Bonchev–Trinajstić information content (AvgIpc) is 3.44. The lowest BCUT2D eigenvalue weighted by Crippen LogP contribution is -2.17. The van der Waals surface area contributed by atoms with Gasteiger partial charge in [-0.15, -0.1) is 0 Å². The molecular formula is C24H21N3O4. The number of carbonyl (C=O) groups excluding carboxylic acids is 1. The summed E-state index contributed by atoms with van der Waals surface area (Å²) in [6.45, 7) is 6.13. The number of carbonyl (C=O) groups is 1. The zero-order chi connectivity index (χ0) is 21.5. The largest absolute Gasteiger partial charge is 0.454 e. The molecule has 1 aliphatic rings. The van der Waals surface area contributed by atoms with Crippen LogP contribution in [0.5, 0.6) is 11.5 Å². The molecule has 0 fully saturated rings. The van der Waals surface area contributed by atoms with Crippen LogP contribution in [0.25, 0.3) is 16.7 Å². The normalized spacial score (nSPS) is 12.7. The van der Waals surface area contributed by atoms with E-state index in [9.17, 15) is 4.79 Å². The number of furan rings is 1. The van der Waals surface area contributed by atoms with Crippen LogP contribution in [0.3, 0.4) is 0 Å². The number of nitrogens with zero attached hydrogens (tertiary/aromatic N) is 2. The molecule has 7 nitrogen and oxygen atoms in total. The van der Waals surface area contributed by atoms with Gasteiger partial charge in [0, 0.05) is 39.7 Å². The third-order valence-corrected chi connectivity index (χ3v) is 5.50. The monoisotopic (exact) mass is 415 g/mol. The fourth-order valence-electron chi connectivity index (χ4n) is 3.94. The molecule has 2 aromatic carbocycles. The van der Waals surface area contributed by atoms with Crippen molar-refractivity contribution < 1.29 is 18.7 Å². The van der Waals surface area contributed by atoms with Crippen LogP contribution in [0, 0.1) is 20.8 Å². The molecule has 31 heavy (non-hydrogen) atoms. The minimum Gasteiger partial charge on any atom is -0.454 e. The second-order valence-corrected chi connectivity index (χ2v) is 7.45. The van der Waals surface area contributed by atoms with E-state index < -0.39 is 0 Å². The summed E-state index contributed by atoms with van der Waals surface area (Å²) in [5, 5.41) is 5.07. The number of hydrogen-bond donors (Lipinski definition) is 1. The highest BCUT2D eigenvalue weighted by Gasteiger charge is 2.18. The second kappa shape index (κ2) is 7.36. The van der Waals surface area contributed by atoms with E-state index in [0.717, 1.165) is 45.1 Å². The second-order valence-electron chi connectivity index (χ2n) is 7.45. The molecule has 4 aromatic rings. The van der Waals surface area contributed by atoms with Gasteiger partial charge in [-0.25, -0.2) is 5.43 Å². The Kier molecular flexibility index (Phi) is 4.51. The molecule has 156 valence electrons. The molecule has 1 amide bonds. The number of aromatic nitrogens is 1. The molecule has 1 aliphatic heterocycles. The van der Waals surface area contributed by atoms with Crippen molar-refractivity contribution in [2.45, 2.75) is 20.8 Å². The molecule has 0 atom stereocenters. The molecule has 0 aliphatic carbocycles. The molecule has 0 bridgehead atoms. The smallest absolute Gasteiger partial charge is 0.307 e. The first-order valence-electron chi connectivity index (χ1n) is 9.93. The summed E-state index contributed by atoms with van der Waals surface area (Å²) in [4.78, 5) is 12.6. The molecule has 0 unspecified atom stereocenters. The number of hydrazone groups is 1. The standard InChI is InChI=1S/C24H21N3O4/c1-14-10-17(16(3)27(14)18-8-9-21-22(11-18)30-13-29-21)12-25-26-24(28)23-15(2)19-6-4-5-7-20(19)31-23/h4-12H,13H2,1-3H3,(H,26,28)/b25-12-. The predicted octanol–water partition coefficient (Wildman–Crippen LogP) is 4.64. The van der Waals surface area contributed by atoms with Crippen molar-refractivity contribution in [3.8, 4) is 17.2 Å². The van der Waals surface area contributed by atoms with Gasteiger partial charge in [0.1, 0.15) is 5.58 Å². The van der Waals surface area contributed by atoms with Gasteiger partial charge in [0.2, 0.25) is 6.79 Å². The van der Waals surface area contributed by atoms with Gasteiger partial charge in [0.05, 0.1) is 6.21 Å². The molecule has 2 aromatic heterocycles. The highest BCUT2D eigenvalue weighted by atomic mass is 16.7. The van der Waals surface area contributed by atoms with Crippen LogP contribution in [0.2, 0.25) is 0 Å². The Morgan fingerprint density at radius 3 is 2.71 bits per heavy atom. The summed E-state index contributed by atoms with van der Waals surface area (Å²) in [5.74, 6) is 1.36. The summed E-state index contributed by atoms with van der Waals surface area (Å²) in [7, 11) is 0. The third-order valence-electron chi connectivity index (χ3n) is 5.50. The SMILES string of the molecule is Cc1c(C(=O)N/N=C\c2cc(C)n(-c3ccc4c(c3)OCO4)c2C)oc2ccccc12. The number of aryl methyl sites for hydroxylation is 2. The number of nitrogens with one attached hydrogen (secondary N) is 1. The summed E-state index contributed by atoms with van der Waals surface area (Å²) < 4.78 is 18.7. The van der Waals surface area contributed by atoms with Gasteiger partial charge < -0.3 is 18.5 Å². The number of fused-ring (bicyclic) bond motifs is 2. The van der Waals surface area contributed by atoms with Crippen molar-refractivity contribution in [1.82, 2.24) is 9.99 Å². The highest BCUT2D eigenvalue weighted by Crippen LogP contribution is 2.34. The molecule has 7 heteroatoms. The zero-order valence-electron chi connectivity index (χ0n) is 17.4. The summed E-state index contributed by atoms with van der Waals surface area (Å²) >= 11 is 0. The first-order chi connectivity index (χ1) is 15.0. The maximum Gasteiger partial charge on any atom is 0.307 e. The third kappa shape index (κ3) is 3.24. The first-order valence-corrected chi connectivity index (χ1v) is 9.93. The summed E-state index contributed by atoms with van der Waals surface area (Å²) in [6, 6.07) is 15.4. The van der Waals surface area contributed by atoms with E-state index in [1.165, 1.54) is 0 Å². The van der Waals surface area contributed by atoms with Gasteiger partial charge in [-0.3, -0.25) is 4.79 Å². The number of para-hydroxylation sites is 1. The molecular weight excluding hydrogens is 394 g/mol. The number of rotatable bonds is 4. The molecule has 1 N–H and O–H groups in total. The maximum atomic E-state index is 12.6. The topological polar surface area (TPSA) is 78.0 Å². The quantitative estimate of drug-likeness (QED) is 0.389. The number of hydrogen-bond acceptors (Lipinski definition) is 5. The lowest BCUT2D eigenvalue weighted by molar-refractivity contribution is 0.0928. The van der Waals surface area contributed by atoms with Gasteiger partial charge in [-0.2, -0.15) is 5.10 Å². The Morgan fingerprint density at radius 2 is 1.87 bits per heavy atom. The van der Waals surface area contributed by atoms with Crippen molar-refractivity contribution in [3.05, 3.63) is 76.8 Å². The molecule has 0 spiro atoms. The molecule has 3 heterocycles. The summed E-state index contributed by atoms with van der Waals surface area (Å²) in [5.41, 5.74) is 7.95. The summed E-state index contributed by atoms with van der Waals surface area (Å²) in [6.07, 6.45) is 1.64. The van der Waals surface area contributed by atoms with E-state index in [1.807, 2.05) is 69.3 Å². The fourth-order valence-corrected chi connectivity index (χ4v) is 3.94. The number of ether oxygens (including phenoxy) is 2. The van der Waals surface area contributed by atoms with Crippen LogP contribution in [0.4, 0.5) is 0 Å². The van der Waals surface area contributed by atoms with E-state index in [4.69, 9.17) is 13.9 Å². The maximum absolute atomic E-state index is 12.6. The molecule has 0 saturated carbocycles. The van der Waals surface area contributed by atoms with Gasteiger partial charge in [0.25, 0.3) is 0 Å². The Labute approximate surface area is 178 Å². The first kappa shape index (κ1) is 19.0. The van der Waals surface area contributed by atoms with Crippen molar-refractivity contribution in [3.63, 3.8) is 0 Å². The number of amides is 1. The molecule has 0 radical (unpaired) electrons. The van der Waals surface area contributed by atoms with Gasteiger partial charge >= 0.3 is 5.91 Å². The Hall–Kier alpha value is -4.00. The van der Waals surface area contributed by atoms with Crippen molar-refractivity contribution in [1.29, 1.82) is 0 Å². The average molecular weight is 415 g/mol. The van der Waals surface area contributed by atoms with Crippen LogP contribution < -0.4 is 14.9 Å². The van der Waals surface area contributed by atoms with Gasteiger partial charge in [0.15, 0.2) is 17.3 Å². The van der Waals surface area contributed by atoms with Crippen molar-refractivity contribution >= 4 is 23.1 Å². The highest BCUT2D eigenvalue weighted by molar-refractivity contribution is 5.99. The Morgan fingerprint density at radius 1 is 1.06 bits per heavy atom.